The standard InChI is InChI=1S/C21H21ClN4O2/c22-18-3-1-4-19(20(18)25-11-13-28-14-12-25)24-21(27)17-7-5-16(6-8-17)15-26-10-2-9-23-26/h1-10H,11-15H2,(H,24,27). The molecule has 1 aromatic heterocycles. The van der Waals surface area contributed by atoms with Crippen molar-refractivity contribution in [1.29, 1.82) is 0 Å². The molecule has 0 atom stereocenters. The lowest BCUT2D eigenvalue weighted by Crippen LogP contribution is -2.37. The van der Waals surface area contributed by atoms with Gasteiger partial charge in [0, 0.05) is 31.0 Å². The van der Waals surface area contributed by atoms with E-state index < -0.39 is 0 Å². The second-order valence-electron chi connectivity index (χ2n) is 6.59. The Hall–Kier alpha value is -2.83. The summed E-state index contributed by atoms with van der Waals surface area (Å²) in [5, 5.41) is 7.82. The summed E-state index contributed by atoms with van der Waals surface area (Å²) >= 11 is 6.44. The lowest BCUT2D eigenvalue weighted by Gasteiger charge is -2.31. The van der Waals surface area contributed by atoms with Crippen molar-refractivity contribution >= 4 is 28.9 Å². The van der Waals surface area contributed by atoms with Crippen LogP contribution in [0.1, 0.15) is 15.9 Å². The smallest absolute Gasteiger partial charge is 0.255 e. The molecular formula is C21H21ClN4O2. The van der Waals surface area contributed by atoms with Gasteiger partial charge in [-0.3, -0.25) is 9.48 Å². The SMILES string of the molecule is O=C(Nc1cccc(Cl)c1N1CCOCC1)c1ccc(Cn2cccn2)cc1. The van der Waals surface area contributed by atoms with Gasteiger partial charge in [0.2, 0.25) is 0 Å². The van der Waals surface area contributed by atoms with Crippen LogP contribution in [-0.4, -0.2) is 42.0 Å². The van der Waals surface area contributed by atoms with Gasteiger partial charge in [-0.25, -0.2) is 0 Å². The molecule has 1 N–H and O–H groups in total. The summed E-state index contributed by atoms with van der Waals surface area (Å²) in [5.74, 6) is -0.164. The van der Waals surface area contributed by atoms with Crippen LogP contribution in [-0.2, 0) is 11.3 Å². The number of benzene rings is 2. The number of morpholine rings is 1. The van der Waals surface area contributed by atoms with Crippen LogP contribution < -0.4 is 10.2 Å². The van der Waals surface area contributed by atoms with E-state index in [9.17, 15) is 4.79 Å². The van der Waals surface area contributed by atoms with Crippen LogP contribution in [0.5, 0.6) is 0 Å². The highest BCUT2D eigenvalue weighted by atomic mass is 35.5. The summed E-state index contributed by atoms with van der Waals surface area (Å²) in [6.45, 7) is 3.46. The van der Waals surface area contributed by atoms with Crippen LogP contribution in [0.15, 0.2) is 60.9 Å². The van der Waals surface area contributed by atoms with Gasteiger partial charge in [-0.1, -0.05) is 29.8 Å². The van der Waals surface area contributed by atoms with E-state index in [0.29, 0.717) is 36.0 Å². The minimum Gasteiger partial charge on any atom is -0.378 e. The Bertz CT molecular complexity index is 936. The number of amides is 1. The van der Waals surface area contributed by atoms with E-state index in [2.05, 4.69) is 15.3 Å². The van der Waals surface area contributed by atoms with Gasteiger partial charge in [0.05, 0.1) is 36.2 Å². The molecule has 0 saturated carbocycles. The predicted octanol–water partition coefficient (Wildman–Crippen LogP) is 3.67. The predicted molar refractivity (Wildman–Crippen MR) is 110 cm³/mol. The van der Waals surface area contributed by atoms with Gasteiger partial charge in [-0.2, -0.15) is 5.10 Å². The molecule has 1 aliphatic rings. The van der Waals surface area contributed by atoms with Gasteiger partial charge in [0.25, 0.3) is 5.91 Å². The third-order valence-electron chi connectivity index (χ3n) is 4.68. The molecule has 4 rings (SSSR count). The van der Waals surface area contributed by atoms with Crippen molar-refractivity contribution in [2.75, 3.05) is 36.5 Å². The van der Waals surface area contributed by atoms with Crippen molar-refractivity contribution in [1.82, 2.24) is 9.78 Å². The van der Waals surface area contributed by atoms with Crippen molar-refractivity contribution in [2.24, 2.45) is 0 Å². The molecular weight excluding hydrogens is 376 g/mol. The van der Waals surface area contributed by atoms with Crippen LogP contribution >= 0.6 is 11.6 Å². The Morgan fingerprint density at radius 2 is 1.89 bits per heavy atom. The van der Waals surface area contributed by atoms with E-state index in [1.54, 1.807) is 6.20 Å². The summed E-state index contributed by atoms with van der Waals surface area (Å²) < 4.78 is 7.26. The number of carbonyl (C=O) groups is 1. The highest BCUT2D eigenvalue weighted by molar-refractivity contribution is 6.34. The molecule has 1 saturated heterocycles. The first kappa shape index (κ1) is 18.5. The molecule has 1 amide bonds. The van der Waals surface area contributed by atoms with Crippen LogP contribution in [0, 0.1) is 0 Å². The third-order valence-corrected chi connectivity index (χ3v) is 4.99. The summed E-state index contributed by atoms with van der Waals surface area (Å²) in [5.41, 5.74) is 3.23. The number of aromatic nitrogens is 2. The fourth-order valence-corrected chi connectivity index (χ4v) is 3.56. The first-order valence-corrected chi connectivity index (χ1v) is 9.57. The zero-order valence-electron chi connectivity index (χ0n) is 15.3. The van der Waals surface area contributed by atoms with Gasteiger partial charge in [0.1, 0.15) is 0 Å². The maximum atomic E-state index is 12.8. The van der Waals surface area contributed by atoms with Crippen molar-refractivity contribution < 1.29 is 9.53 Å². The Labute approximate surface area is 168 Å². The van der Waals surface area contributed by atoms with Crippen LogP contribution in [0.3, 0.4) is 0 Å². The van der Waals surface area contributed by atoms with E-state index in [-0.39, 0.29) is 5.91 Å². The number of hydrogen-bond donors (Lipinski definition) is 1. The minimum atomic E-state index is -0.164. The van der Waals surface area contributed by atoms with Crippen molar-refractivity contribution in [3.05, 3.63) is 77.1 Å². The number of anilines is 2. The van der Waals surface area contributed by atoms with E-state index in [0.717, 1.165) is 24.3 Å². The summed E-state index contributed by atoms with van der Waals surface area (Å²) in [7, 11) is 0. The number of rotatable bonds is 5. The zero-order chi connectivity index (χ0) is 19.3. The molecule has 7 heteroatoms. The third kappa shape index (κ3) is 4.18. The average Bonchev–Trinajstić information content (AvgIpc) is 3.22. The minimum absolute atomic E-state index is 0.164. The van der Waals surface area contributed by atoms with Gasteiger partial charge >= 0.3 is 0 Å². The Kier molecular flexibility index (Phi) is 5.60. The highest BCUT2D eigenvalue weighted by Gasteiger charge is 2.19. The number of hydrogen-bond acceptors (Lipinski definition) is 4. The molecule has 144 valence electrons. The largest absolute Gasteiger partial charge is 0.378 e. The maximum absolute atomic E-state index is 12.8. The van der Waals surface area contributed by atoms with Crippen LogP contribution in [0.4, 0.5) is 11.4 Å². The number of nitrogens with zero attached hydrogens (tertiary/aromatic N) is 3. The molecule has 0 bridgehead atoms. The molecule has 2 aromatic carbocycles. The van der Waals surface area contributed by atoms with Crippen molar-refractivity contribution in [2.45, 2.75) is 6.54 Å². The van der Waals surface area contributed by atoms with Gasteiger partial charge in [0.15, 0.2) is 0 Å². The first-order valence-electron chi connectivity index (χ1n) is 9.19. The van der Waals surface area contributed by atoms with Crippen LogP contribution in [0.25, 0.3) is 0 Å². The maximum Gasteiger partial charge on any atom is 0.255 e. The molecule has 3 aromatic rings. The number of carbonyl (C=O) groups excluding carboxylic acids is 1. The fraction of sp³-hybridized carbons (Fsp3) is 0.238. The van der Waals surface area contributed by atoms with Gasteiger partial charge < -0.3 is 15.0 Å². The number of para-hydroxylation sites is 1. The molecule has 1 fully saturated rings. The highest BCUT2D eigenvalue weighted by Crippen LogP contribution is 2.34. The van der Waals surface area contributed by atoms with Gasteiger partial charge in [-0.05, 0) is 35.9 Å². The Morgan fingerprint density at radius 3 is 2.61 bits per heavy atom. The molecule has 28 heavy (non-hydrogen) atoms. The monoisotopic (exact) mass is 396 g/mol. The zero-order valence-corrected chi connectivity index (χ0v) is 16.1. The Morgan fingerprint density at radius 1 is 1.11 bits per heavy atom. The molecule has 0 aliphatic carbocycles. The molecule has 1 aliphatic heterocycles. The van der Waals surface area contributed by atoms with Gasteiger partial charge in [-0.15, -0.1) is 0 Å². The summed E-state index contributed by atoms with van der Waals surface area (Å²) in [4.78, 5) is 14.9. The fourth-order valence-electron chi connectivity index (χ4n) is 3.26. The topological polar surface area (TPSA) is 59.4 Å². The number of ether oxygens (including phenoxy) is 1. The summed E-state index contributed by atoms with van der Waals surface area (Å²) in [6.07, 6.45) is 3.66. The number of nitrogens with one attached hydrogen (secondary N) is 1. The quantitative estimate of drug-likeness (QED) is 0.714. The average molecular weight is 397 g/mol. The second kappa shape index (κ2) is 8.46. The Balaban J connectivity index is 1.50. The molecule has 0 unspecified atom stereocenters. The second-order valence-corrected chi connectivity index (χ2v) is 7.00. The number of halogens is 1. The molecule has 0 radical (unpaired) electrons. The van der Waals surface area contributed by atoms with Crippen molar-refractivity contribution in [3.63, 3.8) is 0 Å². The molecule has 2 heterocycles. The van der Waals surface area contributed by atoms with Crippen LogP contribution in [0.2, 0.25) is 5.02 Å². The van der Waals surface area contributed by atoms with E-state index in [1.807, 2.05) is 59.4 Å². The van der Waals surface area contributed by atoms with E-state index in [1.165, 1.54) is 0 Å². The summed E-state index contributed by atoms with van der Waals surface area (Å²) in [6, 6.07) is 15.0. The molecule has 0 spiro atoms. The lowest BCUT2D eigenvalue weighted by molar-refractivity contribution is 0.102. The van der Waals surface area contributed by atoms with E-state index in [4.69, 9.17) is 16.3 Å². The van der Waals surface area contributed by atoms with E-state index >= 15 is 0 Å². The molecule has 6 nitrogen and oxygen atoms in total. The lowest BCUT2D eigenvalue weighted by atomic mass is 10.1. The van der Waals surface area contributed by atoms with Crippen molar-refractivity contribution in [3.8, 4) is 0 Å². The normalized spacial score (nSPS) is 14.1. The first-order chi connectivity index (χ1) is 13.7.